The van der Waals surface area contributed by atoms with E-state index in [1.54, 1.807) is 12.1 Å². The molecular weight excluding hydrogens is 490 g/mol. The van der Waals surface area contributed by atoms with E-state index in [1.807, 2.05) is 31.2 Å². The summed E-state index contributed by atoms with van der Waals surface area (Å²) in [5.41, 5.74) is 1.74. The van der Waals surface area contributed by atoms with Gasteiger partial charge >= 0.3 is 0 Å². The third-order valence-corrected chi connectivity index (χ3v) is 9.75. The summed E-state index contributed by atoms with van der Waals surface area (Å²) < 4.78 is 58.0. The lowest BCUT2D eigenvalue weighted by atomic mass is 9.97. The number of ether oxygens (including phenoxy) is 1. The molecule has 0 aromatic heterocycles. The topological polar surface area (TPSA) is 113 Å². The van der Waals surface area contributed by atoms with Gasteiger partial charge in [0.05, 0.1) is 17.2 Å². The molecule has 11 heteroatoms. The molecule has 0 radical (unpaired) electrons. The van der Waals surface area contributed by atoms with E-state index in [4.69, 9.17) is 4.74 Å². The first-order valence-electron chi connectivity index (χ1n) is 11.5. The lowest BCUT2D eigenvalue weighted by Crippen LogP contribution is -2.44. The summed E-state index contributed by atoms with van der Waals surface area (Å²) in [6.45, 7) is 3.07. The second-order valence-corrected chi connectivity index (χ2v) is 12.9. The zero-order valence-corrected chi connectivity index (χ0v) is 21.9. The van der Waals surface area contributed by atoms with Gasteiger partial charge in [0.1, 0.15) is 12.4 Å². The number of aryl methyl sites for hydroxylation is 1. The van der Waals surface area contributed by atoms with Crippen molar-refractivity contribution < 1.29 is 26.4 Å². The van der Waals surface area contributed by atoms with E-state index in [9.17, 15) is 21.6 Å². The SMILES string of the molecule is Cc1ccccc1CS(=O)(=O)N1CCC(C(=O)NCCOc2ccc(S(=O)(=O)N(C)C)cc2)CC1. The molecule has 1 heterocycles. The van der Waals surface area contributed by atoms with Gasteiger partial charge in [-0.05, 0) is 55.2 Å². The van der Waals surface area contributed by atoms with Crippen molar-refractivity contribution in [1.29, 1.82) is 0 Å². The Bertz CT molecular complexity index is 1220. The van der Waals surface area contributed by atoms with Gasteiger partial charge in [0.15, 0.2) is 0 Å². The molecule has 1 aliphatic rings. The highest BCUT2D eigenvalue weighted by atomic mass is 32.2. The van der Waals surface area contributed by atoms with Crippen molar-refractivity contribution in [2.24, 2.45) is 5.92 Å². The fourth-order valence-corrected chi connectivity index (χ4v) is 6.43. The number of rotatable bonds is 10. The molecule has 3 rings (SSSR count). The number of benzene rings is 2. The molecule has 9 nitrogen and oxygen atoms in total. The van der Waals surface area contributed by atoms with Crippen molar-refractivity contribution in [3.8, 4) is 5.75 Å². The van der Waals surface area contributed by atoms with E-state index in [2.05, 4.69) is 5.32 Å². The zero-order chi connectivity index (χ0) is 25.6. The van der Waals surface area contributed by atoms with Gasteiger partial charge < -0.3 is 10.1 Å². The summed E-state index contributed by atoms with van der Waals surface area (Å²) in [7, 11) is -3.99. The quantitative estimate of drug-likeness (QED) is 0.477. The van der Waals surface area contributed by atoms with Crippen LogP contribution in [0.4, 0.5) is 0 Å². The number of piperidine rings is 1. The van der Waals surface area contributed by atoms with Crippen molar-refractivity contribution in [1.82, 2.24) is 13.9 Å². The van der Waals surface area contributed by atoms with Gasteiger partial charge in [-0.1, -0.05) is 24.3 Å². The van der Waals surface area contributed by atoms with Crippen molar-refractivity contribution in [2.45, 2.75) is 30.4 Å². The van der Waals surface area contributed by atoms with Gasteiger partial charge in [-0.3, -0.25) is 4.79 Å². The van der Waals surface area contributed by atoms with Gasteiger partial charge in [0.2, 0.25) is 26.0 Å². The number of sulfonamides is 2. The summed E-state index contributed by atoms with van der Waals surface area (Å²) in [4.78, 5) is 12.7. The number of nitrogens with one attached hydrogen (secondary N) is 1. The summed E-state index contributed by atoms with van der Waals surface area (Å²) in [6.07, 6.45) is 0.947. The molecule has 192 valence electrons. The fraction of sp³-hybridized carbons (Fsp3) is 0.458. The molecule has 0 unspecified atom stereocenters. The predicted octanol–water partition coefficient (Wildman–Crippen LogP) is 1.98. The normalized spacial score (nSPS) is 15.8. The number of nitrogens with zero attached hydrogens (tertiary/aromatic N) is 2. The molecule has 0 atom stereocenters. The van der Waals surface area contributed by atoms with Crippen LogP contribution in [0.25, 0.3) is 0 Å². The Morgan fingerprint density at radius 1 is 1.03 bits per heavy atom. The van der Waals surface area contributed by atoms with Gasteiger partial charge in [-0.25, -0.2) is 25.4 Å². The summed E-state index contributed by atoms with van der Waals surface area (Å²) >= 11 is 0. The van der Waals surface area contributed by atoms with E-state index >= 15 is 0 Å². The molecule has 0 saturated carbocycles. The van der Waals surface area contributed by atoms with Gasteiger partial charge in [-0.15, -0.1) is 0 Å². The van der Waals surface area contributed by atoms with Gasteiger partial charge in [-0.2, -0.15) is 0 Å². The molecule has 1 aliphatic heterocycles. The molecule has 1 fully saturated rings. The highest BCUT2D eigenvalue weighted by Crippen LogP contribution is 2.23. The van der Waals surface area contributed by atoms with E-state index in [0.717, 1.165) is 15.4 Å². The largest absolute Gasteiger partial charge is 0.492 e. The lowest BCUT2D eigenvalue weighted by Gasteiger charge is -2.30. The molecule has 0 aliphatic carbocycles. The Hall–Kier alpha value is -2.47. The van der Waals surface area contributed by atoms with Crippen LogP contribution in [0, 0.1) is 12.8 Å². The summed E-state index contributed by atoms with van der Waals surface area (Å²) in [5.74, 6) is 0.118. The molecule has 0 bridgehead atoms. The number of carbonyl (C=O) groups is 1. The Kier molecular flexibility index (Phi) is 8.92. The molecule has 1 N–H and O–H groups in total. The molecular formula is C24H33N3O6S2. The van der Waals surface area contributed by atoms with Crippen LogP contribution < -0.4 is 10.1 Å². The Morgan fingerprint density at radius 3 is 2.26 bits per heavy atom. The van der Waals surface area contributed by atoms with Crippen molar-refractivity contribution in [2.75, 3.05) is 40.3 Å². The number of amides is 1. The second-order valence-electron chi connectivity index (χ2n) is 8.75. The van der Waals surface area contributed by atoms with Crippen LogP contribution in [-0.4, -0.2) is 71.7 Å². The minimum atomic E-state index is -3.49. The second kappa shape index (κ2) is 11.5. The van der Waals surface area contributed by atoms with Crippen LogP contribution in [0.15, 0.2) is 53.4 Å². The third kappa shape index (κ3) is 7.03. The Labute approximate surface area is 208 Å². The van der Waals surface area contributed by atoms with Gasteiger partial charge in [0, 0.05) is 33.1 Å². The van der Waals surface area contributed by atoms with Crippen LogP contribution in [0.2, 0.25) is 0 Å². The molecule has 1 saturated heterocycles. The minimum Gasteiger partial charge on any atom is -0.492 e. The number of hydrogen-bond acceptors (Lipinski definition) is 6. The van der Waals surface area contributed by atoms with Crippen LogP contribution in [-0.2, 0) is 30.6 Å². The molecule has 0 spiro atoms. The van der Waals surface area contributed by atoms with E-state index in [0.29, 0.717) is 38.2 Å². The maximum absolute atomic E-state index is 12.8. The molecule has 35 heavy (non-hydrogen) atoms. The first-order chi connectivity index (χ1) is 16.5. The van der Waals surface area contributed by atoms with Crippen LogP contribution in [0.5, 0.6) is 5.75 Å². The Morgan fingerprint density at radius 2 is 1.66 bits per heavy atom. The average molecular weight is 524 g/mol. The molecule has 2 aromatic rings. The first-order valence-corrected chi connectivity index (χ1v) is 14.5. The first kappa shape index (κ1) is 27.1. The number of carbonyl (C=O) groups excluding carboxylic acids is 1. The van der Waals surface area contributed by atoms with Crippen LogP contribution >= 0.6 is 0 Å². The standard InChI is InChI=1S/C24H33N3O6S2/c1-19-6-4-5-7-21(19)18-34(29,30)27-15-12-20(13-16-27)24(28)25-14-17-33-22-8-10-23(11-9-22)35(31,32)26(2)3/h4-11,20H,12-18H2,1-3H3,(H,25,28). The predicted molar refractivity (Wildman–Crippen MR) is 134 cm³/mol. The maximum atomic E-state index is 12.8. The van der Waals surface area contributed by atoms with Crippen molar-refractivity contribution >= 4 is 26.0 Å². The summed E-state index contributed by atoms with van der Waals surface area (Å²) in [5, 5.41) is 2.84. The van der Waals surface area contributed by atoms with Gasteiger partial charge in [0.25, 0.3) is 0 Å². The monoisotopic (exact) mass is 523 g/mol. The number of hydrogen-bond donors (Lipinski definition) is 1. The maximum Gasteiger partial charge on any atom is 0.242 e. The van der Waals surface area contributed by atoms with Crippen LogP contribution in [0.1, 0.15) is 24.0 Å². The van der Waals surface area contributed by atoms with Crippen molar-refractivity contribution in [3.63, 3.8) is 0 Å². The minimum absolute atomic E-state index is 0.0318. The zero-order valence-electron chi connectivity index (χ0n) is 20.3. The summed E-state index contributed by atoms with van der Waals surface area (Å²) in [6, 6.07) is 13.5. The highest BCUT2D eigenvalue weighted by molar-refractivity contribution is 7.89. The van der Waals surface area contributed by atoms with Crippen LogP contribution in [0.3, 0.4) is 0 Å². The molecule has 2 aromatic carbocycles. The third-order valence-electron chi connectivity index (χ3n) is 6.09. The van der Waals surface area contributed by atoms with E-state index in [1.165, 1.54) is 30.5 Å². The van der Waals surface area contributed by atoms with Crippen molar-refractivity contribution in [3.05, 3.63) is 59.7 Å². The molecule has 1 amide bonds. The average Bonchev–Trinajstić information content (AvgIpc) is 2.83. The highest BCUT2D eigenvalue weighted by Gasteiger charge is 2.31. The lowest BCUT2D eigenvalue weighted by molar-refractivity contribution is -0.126. The Balaban J connectivity index is 1.41. The van der Waals surface area contributed by atoms with E-state index < -0.39 is 20.0 Å². The van der Waals surface area contributed by atoms with E-state index in [-0.39, 0.29) is 29.1 Å². The smallest absolute Gasteiger partial charge is 0.242 e. The fourth-order valence-electron chi connectivity index (χ4n) is 3.86.